The number of phenolic OH excluding ortho intramolecular Hbond substituents is 2. The van der Waals surface area contributed by atoms with Crippen LogP contribution in [0.25, 0.3) is 0 Å². The van der Waals surface area contributed by atoms with Crippen LogP contribution in [0.2, 0.25) is 0 Å². The zero-order valence-corrected chi connectivity index (χ0v) is 15.6. The van der Waals surface area contributed by atoms with Crippen molar-refractivity contribution in [2.75, 3.05) is 6.61 Å². The maximum Gasteiger partial charge on any atom is 0.339 e. The van der Waals surface area contributed by atoms with E-state index in [0.717, 1.165) is 18.4 Å². The summed E-state index contributed by atoms with van der Waals surface area (Å²) in [6.07, 6.45) is 2.77. The lowest BCUT2D eigenvalue weighted by atomic mass is 9.93. The number of phenols is 3. The lowest BCUT2D eigenvalue weighted by molar-refractivity contribution is 0.0693. The van der Waals surface area contributed by atoms with E-state index >= 15 is 0 Å². The summed E-state index contributed by atoms with van der Waals surface area (Å²) in [5, 5.41) is 38.5. The van der Waals surface area contributed by atoms with E-state index in [2.05, 4.69) is 0 Å². The summed E-state index contributed by atoms with van der Waals surface area (Å²) in [5.41, 5.74) is 1.29. The van der Waals surface area contributed by atoms with Gasteiger partial charge in [-0.05, 0) is 55.0 Å². The maximum atomic E-state index is 11.2. The Bertz CT molecular complexity index is 799. The van der Waals surface area contributed by atoms with E-state index in [0.29, 0.717) is 30.8 Å². The van der Waals surface area contributed by atoms with Gasteiger partial charge in [-0.1, -0.05) is 26.3 Å². The summed E-state index contributed by atoms with van der Waals surface area (Å²) < 4.78 is 5.85. The molecule has 0 heterocycles. The Labute approximate surface area is 158 Å². The first-order valence-corrected chi connectivity index (χ1v) is 9.11. The van der Waals surface area contributed by atoms with Crippen molar-refractivity contribution in [3.63, 3.8) is 0 Å². The first-order chi connectivity index (χ1) is 12.9. The fraction of sp³-hybridized carbons (Fsp3) is 0.381. The Hall–Kier alpha value is -2.89. The molecule has 0 fully saturated rings. The molecule has 27 heavy (non-hydrogen) atoms. The van der Waals surface area contributed by atoms with Gasteiger partial charge in [0.15, 0.2) is 11.5 Å². The molecule has 1 atom stereocenters. The number of aromatic hydroxyl groups is 3. The highest BCUT2D eigenvalue weighted by Crippen LogP contribution is 2.34. The van der Waals surface area contributed by atoms with Gasteiger partial charge >= 0.3 is 5.97 Å². The second-order valence-electron chi connectivity index (χ2n) is 6.48. The summed E-state index contributed by atoms with van der Waals surface area (Å²) >= 11 is 0. The molecule has 0 amide bonds. The van der Waals surface area contributed by atoms with Crippen LogP contribution in [0.3, 0.4) is 0 Å². The first kappa shape index (κ1) is 20.4. The predicted molar refractivity (Wildman–Crippen MR) is 102 cm³/mol. The summed E-state index contributed by atoms with van der Waals surface area (Å²) in [4.78, 5) is 11.2. The van der Waals surface area contributed by atoms with Crippen LogP contribution in [-0.2, 0) is 6.42 Å². The maximum absolute atomic E-state index is 11.2. The molecule has 6 nitrogen and oxygen atoms in total. The Morgan fingerprint density at radius 2 is 1.81 bits per heavy atom. The molecular weight excluding hydrogens is 348 g/mol. The lowest BCUT2D eigenvalue weighted by Crippen LogP contribution is -2.08. The highest BCUT2D eigenvalue weighted by Gasteiger charge is 2.18. The number of carboxylic acids is 1. The average Bonchev–Trinajstić information content (AvgIpc) is 2.63. The number of rotatable bonds is 9. The fourth-order valence-corrected chi connectivity index (χ4v) is 3.13. The molecule has 2 rings (SSSR count). The van der Waals surface area contributed by atoms with Gasteiger partial charge in [-0.3, -0.25) is 0 Å². The third-order valence-corrected chi connectivity index (χ3v) is 4.66. The molecule has 0 saturated carbocycles. The second kappa shape index (κ2) is 9.16. The Kier molecular flexibility index (Phi) is 6.93. The van der Waals surface area contributed by atoms with E-state index in [1.54, 1.807) is 18.2 Å². The van der Waals surface area contributed by atoms with Gasteiger partial charge in [0.1, 0.15) is 17.1 Å². The SMILES string of the molecule is CCCc1c(OCCC(CC)c2ccc(O)c(O)c2)ccc(C(=O)O)c1O. The summed E-state index contributed by atoms with van der Waals surface area (Å²) in [7, 11) is 0. The average molecular weight is 374 g/mol. The fourth-order valence-electron chi connectivity index (χ4n) is 3.13. The van der Waals surface area contributed by atoms with Crippen LogP contribution >= 0.6 is 0 Å². The number of carbonyl (C=O) groups is 1. The number of hydrogen-bond donors (Lipinski definition) is 4. The van der Waals surface area contributed by atoms with E-state index < -0.39 is 5.97 Å². The zero-order chi connectivity index (χ0) is 20.0. The molecule has 0 aliphatic heterocycles. The van der Waals surface area contributed by atoms with E-state index in [-0.39, 0.29) is 28.7 Å². The molecule has 4 N–H and O–H groups in total. The van der Waals surface area contributed by atoms with Crippen LogP contribution in [0.5, 0.6) is 23.0 Å². The highest BCUT2D eigenvalue weighted by molar-refractivity contribution is 5.91. The topological polar surface area (TPSA) is 107 Å². The highest BCUT2D eigenvalue weighted by atomic mass is 16.5. The van der Waals surface area contributed by atoms with Gasteiger partial charge in [0.25, 0.3) is 0 Å². The van der Waals surface area contributed by atoms with E-state index in [1.165, 1.54) is 12.1 Å². The lowest BCUT2D eigenvalue weighted by Gasteiger charge is -2.18. The van der Waals surface area contributed by atoms with Gasteiger partial charge in [-0.2, -0.15) is 0 Å². The molecule has 6 heteroatoms. The van der Waals surface area contributed by atoms with Crippen LogP contribution < -0.4 is 4.74 Å². The first-order valence-electron chi connectivity index (χ1n) is 9.11. The van der Waals surface area contributed by atoms with Crippen molar-refractivity contribution in [3.8, 4) is 23.0 Å². The minimum Gasteiger partial charge on any atom is -0.507 e. The third-order valence-electron chi connectivity index (χ3n) is 4.66. The summed E-state index contributed by atoms with van der Waals surface area (Å²) in [5.74, 6) is -1.08. The van der Waals surface area contributed by atoms with Crippen molar-refractivity contribution in [2.24, 2.45) is 0 Å². The predicted octanol–water partition coefficient (Wildman–Crippen LogP) is 4.42. The van der Waals surface area contributed by atoms with Crippen molar-refractivity contribution >= 4 is 5.97 Å². The molecule has 0 aliphatic rings. The van der Waals surface area contributed by atoms with E-state index in [4.69, 9.17) is 9.84 Å². The van der Waals surface area contributed by atoms with Crippen LogP contribution in [0.4, 0.5) is 0 Å². The van der Waals surface area contributed by atoms with Crippen molar-refractivity contribution in [3.05, 3.63) is 47.0 Å². The van der Waals surface area contributed by atoms with Crippen LogP contribution in [-0.4, -0.2) is 33.0 Å². The van der Waals surface area contributed by atoms with Gasteiger partial charge < -0.3 is 25.2 Å². The molecule has 0 saturated heterocycles. The zero-order valence-electron chi connectivity index (χ0n) is 15.6. The van der Waals surface area contributed by atoms with Crippen molar-refractivity contribution in [1.82, 2.24) is 0 Å². The number of ether oxygens (including phenoxy) is 1. The van der Waals surface area contributed by atoms with Crippen LogP contribution in [0.15, 0.2) is 30.3 Å². The number of hydrogen-bond acceptors (Lipinski definition) is 5. The van der Waals surface area contributed by atoms with Crippen molar-refractivity contribution in [1.29, 1.82) is 0 Å². The standard InChI is InChI=1S/C21H26O6/c1-3-5-15-19(9-7-16(20(15)24)21(25)26)27-11-10-13(4-2)14-6-8-17(22)18(23)12-14/h6-9,12-13,22-24H,3-5,10-11H2,1-2H3,(H,25,26). The molecule has 0 bridgehead atoms. The van der Waals surface area contributed by atoms with Crippen LogP contribution in [0.1, 0.15) is 60.5 Å². The van der Waals surface area contributed by atoms with Gasteiger partial charge in [-0.15, -0.1) is 0 Å². The summed E-state index contributed by atoms with van der Waals surface area (Å²) in [6, 6.07) is 7.73. The minimum absolute atomic E-state index is 0.128. The minimum atomic E-state index is -1.17. The van der Waals surface area contributed by atoms with Crippen molar-refractivity contribution < 1.29 is 30.0 Å². The molecule has 2 aromatic rings. The largest absolute Gasteiger partial charge is 0.507 e. The molecule has 0 aromatic heterocycles. The second-order valence-corrected chi connectivity index (χ2v) is 6.48. The number of benzene rings is 2. The van der Waals surface area contributed by atoms with Gasteiger partial charge in [-0.25, -0.2) is 4.79 Å². The molecule has 146 valence electrons. The molecule has 0 aliphatic carbocycles. The van der Waals surface area contributed by atoms with E-state index in [1.807, 2.05) is 13.8 Å². The monoisotopic (exact) mass is 374 g/mol. The summed E-state index contributed by atoms with van der Waals surface area (Å²) in [6.45, 7) is 4.36. The molecule has 0 spiro atoms. The van der Waals surface area contributed by atoms with Gasteiger partial charge in [0.2, 0.25) is 0 Å². The third kappa shape index (κ3) is 4.84. The molecular formula is C21H26O6. The molecule has 1 unspecified atom stereocenters. The quantitative estimate of drug-likeness (QED) is 0.484. The Balaban J connectivity index is 2.12. The normalized spacial score (nSPS) is 11.9. The van der Waals surface area contributed by atoms with E-state index in [9.17, 15) is 20.1 Å². The van der Waals surface area contributed by atoms with Gasteiger partial charge in [0.05, 0.1) is 6.61 Å². The Morgan fingerprint density at radius 3 is 2.41 bits per heavy atom. The molecule has 0 radical (unpaired) electrons. The number of aromatic carboxylic acids is 1. The van der Waals surface area contributed by atoms with Crippen molar-refractivity contribution in [2.45, 2.75) is 45.4 Å². The van der Waals surface area contributed by atoms with Gasteiger partial charge in [0, 0.05) is 5.56 Å². The van der Waals surface area contributed by atoms with Crippen LogP contribution in [0, 0.1) is 0 Å². The number of carboxylic acid groups (broad SMARTS) is 1. The Morgan fingerprint density at radius 1 is 1.07 bits per heavy atom. The smallest absolute Gasteiger partial charge is 0.339 e. The molecule has 2 aromatic carbocycles.